The molecule has 0 heterocycles. The Morgan fingerprint density at radius 1 is 1.00 bits per heavy atom. The zero-order chi connectivity index (χ0) is 12.7. The Labute approximate surface area is 98.4 Å². The Hall–Kier alpha value is -0.170. The van der Waals surface area contributed by atoms with E-state index in [0.717, 1.165) is 36.8 Å². The fourth-order valence-corrected chi connectivity index (χ4v) is 2.16. The van der Waals surface area contributed by atoms with Gasteiger partial charge in [0.2, 0.25) is 0 Å². The Kier molecular flexibility index (Phi) is 7.14. The van der Waals surface area contributed by atoms with Gasteiger partial charge in [0.15, 0.2) is 0 Å². The zero-order valence-corrected chi connectivity index (χ0v) is 11.0. The molecule has 0 aliphatic carbocycles. The third kappa shape index (κ3) is 10.4. The van der Waals surface area contributed by atoms with E-state index in [0.29, 0.717) is 6.42 Å². The van der Waals surface area contributed by atoms with E-state index >= 15 is 0 Å². The Morgan fingerprint density at radius 2 is 1.50 bits per heavy atom. The van der Waals surface area contributed by atoms with Gasteiger partial charge in [-0.3, -0.25) is 4.55 Å². The third-order valence-electron chi connectivity index (χ3n) is 2.59. The Morgan fingerprint density at radius 3 is 1.94 bits per heavy atom. The summed E-state index contributed by atoms with van der Waals surface area (Å²) < 4.78 is 30.4. The molecule has 2 N–H and O–H groups in total. The molecule has 0 rings (SSSR count). The van der Waals surface area contributed by atoms with Gasteiger partial charge in [-0.05, 0) is 25.7 Å². The van der Waals surface area contributed by atoms with Crippen molar-refractivity contribution in [3.05, 3.63) is 0 Å². The van der Waals surface area contributed by atoms with Crippen LogP contribution in [0.25, 0.3) is 0 Å². The minimum atomic E-state index is -3.80. The maximum Gasteiger partial charge on any atom is 0.264 e. The van der Waals surface area contributed by atoms with Crippen LogP contribution in [0.2, 0.25) is 0 Å². The first-order valence-electron chi connectivity index (χ1n) is 5.65. The van der Waals surface area contributed by atoms with Crippen LogP contribution in [0.1, 0.15) is 25.7 Å². The molecule has 0 bridgehead atoms. The number of hydrogen-bond donors (Lipinski definition) is 2. The SMILES string of the molecule is C[N+](C)(CCCCO)CCCCS(=O)(=O)O. The molecule has 0 fully saturated rings. The molecule has 16 heavy (non-hydrogen) atoms. The van der Waals surface area contributed by atoms with Crippen LogP contribution < -0.4 is 0 Å². The monoisotopic (exact) mass is 254 g/mol. The van der Waals surface area contributed by atoms with Crippen molar-refractivity contribution in [1.29, 1.82) is 0 Å². The van der Waals surface area contributed by atoms with E-state index < -0.39 is 10.1 Å². The second-order valence-electron chi connectivity index (χ2n) is 4.81. The first kappa shape index (κ1) is 15.8. The first-order valence-corrected chi connectivity index (χ1v) is 7.26. The third-order valence-corrected chi connectivity index (χ3v) is 3.39. The topological polar surface area (TPSA) is 74.6 Å². The van der Waals surface area contributed by atoms with Crippen LogP contribution >= 0.6 is 0 Å². The summed E-state index contributed by atoms with van der Waals surface area (Å²) in [5.74, 6) is -0.149. The molecular weight excluding hydrogens is 230 g/mol. The van der Waals surface area contributed by atoms with Crippen molar-refractivity contribution in [2.45, 2.75) is 25.7 Å². The zero-order valence-electron chi connectivity index (χ0n) is 10.2. The molecular formula is C10H24NO4S+. The predicted octanol–water partition coefficient (Wildman–Crippen LogP) is 0.503. The van der Waals surface area contributed by atoms with Gasteiger partial charge in [0.25, 0.3) is 10.1 Å². The molecule has 0 spiro atoms. The lowest BCUT2D eigenvalue weighted by atomic mass is 10.2. The van der Waals surface area contributed by atoms with Gasteiger partial charge >= 0.3 is 0 Å². The first-order chi connectivity index (χ1) is 7.27. The number of hydrogen-bond acceptors (Lipinski definition) is 3. The molecule has 0 aliphatic heterocycles. The summed E-state index contributed by atoms with van der Waals surface area (Å²) in [4.78, 5) is 0. The summed E-state index contributed by atoms with van der Waals surface area (Å²) in [7, 11) is 0.373. The number of aliphatic hydroxyl groups is 1. The van der Waals surface area contributed by atoms with Gasteiger partial charge in [0.05, 0.1) is 32.9 Å². The fourth-order valence-electron chi connectivity index (χ4n) is 1.59. The van der Waals surface area contributed by atoms with Crippen LogP contribution in [0.4, 0.5) is 0 Å². The summed E-state index contributed by atoms with van der Waals surface area (Å²) in [6.07, 6.45) is 3.07. The highest BCUT2D eigenvalue weighted by molar-refractivity contribution is 7.85. The number of aliphatic hydroxyl groups excluding tert-OH is 1. The average molecular weight is 254 g/mol. The number of nitrogens with zero attached hydrogens (tertiary/aromatic N) is 1. The van der Waals surface area contributed by atoms with Crippen LogP contribution in [-0.4, -0.2) is 62.1 Å². The maximum absolute atomic E-state index is 10.5. The van der Waals surface area contributed by atoms with Crippen molar-refractivity contribution in [3.8, 4) is 0 Å². The van der Waals surface area contributed by atoms with Gasteiger partial charge in [-0.1, -0.05) is 0 Å². The predicted molar refractivity (Wildman–Crippen MR) is 63.8 cm³/mol. The van der Waals surface area contributed by atoms with Crippen molar-refractivity contribution in [3.63, 3.8) is 0 Å². The average Bonchev–Trinajstić information content (AvgIpc) is 2.11. The lowest BCUT2D eigenvalue weighted by Gasteiger charge is -2.29. The van der Waals surface area contributed by atoms with E-state index in [4.69, 9.17) is 9.66 Å². The number of unbranched alkanes of at least 4 members (excludes halogenated alkanes) is 2. The molecule has 98 valence electrons. The fraction of sp³-hybridized carbons (Fsp3) is 1.00. The van der Waals surface area contributed by atoms with Crippen LogP contribution in [0, 0.1) is 0 Å². The van der Waals surface area contributed by atoms with Crippen LogP contribution in [-0.2, 0) is 10.1 Å². The van der Waals surface area contributed by atoms with Crippen LogP contribution in [0.3, 0.4) is 0 Å². The molecule has 0 aromatic heterocycles. The Bertz CT molecular complexity index is 275. The lowest BCUT2D eigenvalue weighted by Crippen LogP contribution is -2.41. The molecule has 0 aromatic rings. The molecule has 0 atom stereocenters. The van der Waals surface area contributed by atoms with Crippen molar-refractivity contribution < 1.29 is 22.6 Å². The molecule has 0 saturated heterocycles. The van der Waals surface area contributed by atoms with Crippen molar-refractivity contribution in [2.75, 3.05) is 39.5 Å². The largest absolute Gasteiger partial charge is 0.396 e. The standard InChI is InChI=1S/C10H23NO4S/c1-11(2,7-3-5-9-12)8-4-6-10-16(13,14)15/h12H,3-10H2,1-2H3/p+1. The number of rotatable bonds is 9. The molecule has 0 saturated carbocycles. The molecule has 0 unspecified atom stereocenters. The van der Waals surface area contributed by atoms with E-state index in [-0.39, 0.29) is 12.4 Å². The smallest absolute Gasteiger partial charge is 0.264 e. The van der Waals surface area contributed by atoms with E-state index in [2.05, 4.69) is 14.1 Å². The summed E-state index contributed by atoms with van der Waals surface area (Å²) in [5.41, 5.74) is 0. The Balaban J connectivity index is 3.65. The van der Waals surface area contributed by atoms with Gasteiger partial charge in [-0.25, -0.2) is 0 Å². The summed E-state index contributed by atoms with van der Waals surface area (Å²) in [5, 5.41) is 8.67. The van der Waals surface area contributed by atoms with Gasteiger partial charge in [-0.2, -0.15) is 8.42 Å². The minimum absolute atomic E-state index is 0.149. The van der Waals surface area contributed by atoms with Crippen molar-refractivity contribution in [2.24, 2.45) is 0 Å². The molecule has 0 amide bonds. The maximum atomic E-state index is 10.5. The summed E-state index contributed by atoms with van der Waals surface area (Å²) in [6, 6.07) is 0. The summed E-state index contributed by atoms with van der Waals surface area (Å²) >= 11 is 0. The van der Waals surface area contributed by atoms with Gasteiger partial charge in [0.1, 0.15) is 0 Å². The minimum Gasteiger partial charge on any atom is -0.396 e. The highest BCUT2D eigenvalue weighted by atomic mass is 32.2. The van der Waals surface area contributed by atoms with Gasteiger partial charge in [0, 0.05) is 6.61 Å². The van der Waals surface area contributed by atoms with E-state index in [1.165, 1.54) is 0 Å². The quantitative estimate of drug-likeness (QED) is 0.357. The van der Waals surface area contributed by atoms with E-state index in [1.807, 2.05) is 0 Å². The number of quaternary nitrogens is 1. The van der Waals surface area contributed by atoms with Crippen LogP contribution in [0.15, 0.2) is 0 Å². The molecule has 0 aliphatic rings. The molecule has 5 nitrogen and oxygen atoms in total. The molecule has 0 radical (unpaired) electrons. The summed E-state index contributed by atoms with van der Waals surface area (Å²) in [6.45, 7) is 2.09. The van der Waals surface area contributed by atoms with E-state index in [9.17, 15) is 8.42 Å². The van der Waals surface area contributed by atoms with Gasteiger partial charge < -0.3 is 9.59 Å². The van der Waals surface area contributed by atoms with Crippen molar-refractivity contribution >= 4 is 10.1 Å². The second kappa shape index (κ2) is 7.21. The highest BCUT2D eigenvalue weighted by Crippen LogP contribution is 2.05. The van der Waals surface area contributed by atoms with Crippen molar-refractivity contribution in [1.82, 2.24) is 0 Å². The normalized spacial score (nSPS) is 13.0. The molecule has 6 heteroatoms. The van der Waals surface area contributed by atoms with E-state index in [1.54, 1.807) is 0 Å². The highest BCUT2D eigenvalue weighted by Gasteiger charge is 2.14. The molecule has 0 aromatic carbocycles. The van der Waals surface area contributed by atoms with Gasteiger partial charge in [-0.15, -0.1) is 0 Å². The van der Waals surface area contributed by atoms with Crippen LogP contribution in [0.5, 0.6) is 0 Å². The lowest BCUT2D eigenvalue weighted by molar-refractivity contribution is -0.890. The second-order valence-corrected chi connectivity index (χ2v) is 6.38.